The van der Waals surface area contributed by atoms with E-state index in [2.05, 4.69) is 22.3 Å². The third kappa shape index (κ3) is 2.77. The number of amides is 1. The Labute approximate surface area is 158 Å². The van der Waals surface area contributed by atoms with Crippen molar-refractivity contribution in [1.82, 2.24) is 9.21 Å². The lowest BCUT2D eigenvalue weighted by Gasteiger charge is -2.44. The SMILES string of the molecule is O=C1Cc2cc(S(=O)(=O)N3CCN4CCc5ccccc5C4C3)ccc2N1. The summed E-state index contributed by atoms with van der Waals surface area (Å²) in [6.45, 7) is 2.67. The number of carbonyl (C=O) groups excluding carboxylic acids is 1. The number of benzene rings is 2. The molecule has 3 aliphatic heterocycles. The molecule has 1 fully saturated rings. The molecule has 0 saturated carbocycles. The quantitative estimate of drug-likeness (QED) is 0.858. The molecule has 5 rings (SSSR count). The van der Waals surface area contributed by atoms with Crippen LogP contribution < -0.4 is 5.32 Å². The van der Waals surface area contributed by atoms with Gasteiger partial charge >= 0.3 is 0 Å². The van der Waals surface area contributed by atoms with Crippen LogP contribution in [0.1, 0.15) is 22.7 Å². The first-order chi connectivity index (χ1) is 13.0. The third-order valence-electron chi connectivity index (χ3n) is 5.88. The molecule has 1 N–H and O–H groups in total. The molecule has 1 amide bonds. The predicted octanol–water partition coefficient (Wildman–Crippen LogP) is 1.78. The molecule has 1 saturated heterocycles. The molecule has 0 spiro atoms. The van der Waals surface area contributed by atoms with Crippen LogP contribution in [0.25, 0.3) is 0 Å². The summed E-state index contributed by atoms with van der Waals surface area (Å²) in [6, 6.07) is 13.4. The van der Waals surface area contributed by atoms with Gasteiger partial charge in [0.2, 0.25) is 15.9 Å². The fourth-order valence-corrected chi connectivity index (χ4v) is 5.93. The second-order valence-electron chi connectivity index (χ2n) is 7.41. The molecule has 1 atom stereocenters. The van der Waals surface area contributed by atoms with Crippen LogP contribution in [0.15, 0.2) is 47.4 Å². The van der Waals surface area contributed by atoms with Gasteiger partial charge in [0.25, 0.3) is 0 Å². The van der Waals surface area contributed by atoms with Crippen molar-refractivity contribution in [2.75, 3.05) is 31.5 Å². The Kier molecular flexibility index (Phi) is 3.86. The average molecular weight is 383 g/mol. The zero-order chi connectivity index (χ0) is 18.6. The minimum Gasteiger partial charge on any atom is -0.326 e. The molecule has 0 aromatic heterocycles. The topological polar surface area (TPSA) is 69.7 Å². The summed E-state index contributed by atoms with van der Waals surface area (Å²) >= 11 is 0. The molecule has 27 heavy (non-hydrogen) atoms. The van der Waals surface area contributed by atoms with E-state index in [1.54, 1.807) is 22.5 Å². The van der Waals surface area contributed by atoms with Gasteiger partial charge in [-0.25, -0.2) is 8.42 Å². The zero-order valence-corrected chi connectivity index (χ0v) is 15.7. The standard InChI is InChI=1S/C20H21N3O3S/c24-20-12-15-11-16(5-6-18(15)21-20)27(25,26)23-10-9-22-8-7-14-3-1-2-4-17(14)19(22)13-23/h1-6,11,19H,7-10,12-13H2,(H,21,24). The normalized spacial score (nSPS) is 22.7. The Morgan fingerprint density at radius 1 is 1.00 bits per heavy atom. The van der Waals surface area contributed by atoms with Gasteiger partial charge in [-0.3, -0.25) is 9.69 Å². The second-order valence-corrected chi connectivity index (χ2v) is 9.35. The van der Waals surface area contributed by atoms with E-state index < -0.39 is 10.0 Å². The molecule has 6 nitrogen and oxygen atoms in total. The number of hydrogen-bond acceptors (Lipinski definition) is 4. The summed E-state index contributed by atoms with van der Waals surface area (Å²) < 4.78 is 28.1. The fraction of sp³-hybridized carbons (Fsp3) is 0.350. The van der Waals surface area contributed by atoms with Crippen LogP contribution in [0.5, 0.6) is 0 Å². The lowest BCUT2D eigenvalue weighted by atomic mass is 9.91. The monoisotopic (exact) mass is 383 g/mol. The first kappa shape index (κ1) is 16.9. The maximum Gasteiger partial charge on any atom is 0.243 e. The van der Waals surface area contributed by atoms with E-state index in [-0.39, 0.29) is 23.3 Å². The minimum atomic E-state index is -3.59. The van der Waals surface area contributed by atoms with Gasteiger partial charge in [0.15, 0.2) is 0 Å². The van der Waals surface area contributed by atoms with Gasteiger partial charge in [-0.2, -0.15) is 4.31 Å². The van der Waals surface area contributed by atoms with Gasteiger partial charge in [-0.15, -0.1) is 0 Å². The summed E-state index contributed by atoms with van der Waals surface area (Å²) in [5, 5.41) is 2.75. The molecule has 0 bridgehead atoms. The van der Waals surface area contributed by atoms with E-state index in [1.165, 1.54) is 11.1 Å². The molecule has 2 aromatic rings. The highest BCUT2D eigenvalue weighted by Gasteiger charge is 2.37. The number of rotatable bonds is 2. The number of nitrogens with zero attached hydrogens (tertiary/aromatic N) is 2. The van der Waals surface area contributed by atoms with Crippen LogP contribution in [-0.2, 0) is 27.7 Å². The van der Waals surface area contributed by atoms with E-state index in [1.807, 2.05) is 12.1 Å². The van der Waals surface area contributed by atoms with Crippen LogP contribution in [0.3, 0.4) is 0 Å². The fourth-order valence-electron chi connectivity index (χ4n) is 4.44. The number of carbonyl (C=O) groups is 1. The minimum absolute atomic E-state index is 0.0908. The van der Waals surface area contributed by atoms with Gasteiger partial charge in [0, 0.05) is 37.9 Å². The summed E-state index contributed by atoms with van der Waals surface area (Å²) in [4.78, 5) is 14.2. The number of fused-ring (bicyclic) bond motifs is 4. The lowest BCUT2D eigenvalue weighted by molar-refractivity contribution is -0.115. The smallest absolute Gasteiger partial charge is 0.243 e. The Hall–Kier alpha value is -2.22. The number of piperazine rings is 1. The van der Waals surface area contributed by atoms with Gasteiger partial charge in [-0.05, 0) is 41.3 Å². The summed E-state index contributed by atoms with van der Waals surface area (Å²) in [7, 11) is -3.59. The molecule has 2 aromatic carbocycles. The van der Waals surface area contributed by atoms with Crippen molar-refractivity contribution in [1.29, 1.82) is 0 Å². The van der Waals surface area contributed by atoms with Crippen molar-refractivity contribution in [3.63, 3.8) is 0 Å². The summed E-state index contributed by atoms with van der Waals surface area (Å²) in [5.41, 5.74) is 4.03. The van der Waals surface area contributed by atoms with Crippen molar-refractivity contribution in [3.8, 4) is 0 Å². The molecule has 0 aliphatic carbocycles. The number of sulfonamides is 1. The van der Waals surface area contributed by atoms with Crippen LogP contribution in [0.2, 0.25) is 0 Å². The molecule has 3 heterocycles. The number of anilines is 1. The van der Waals surface area contributed by atoms with Crippen molar-refractivity contribution in [3.05, 3.63) is 59.2 Å². The van der Waals surface area contributed by atoms with Crippen LogP contribution in [0.4, 0.5) is 5.69 Å². The Morgan fingerprint density at radius 2 is 1.85 bits per heavy atom. The highest BCUT2D eigenvalue weighted by Crippen LogP contribution is 2.35. The van der Waals surface area contributed by atoms with E-state index in [4.69, 9.17) is 0 Å². The lowest BCUT2D eigenvalue weighted by Crippen LogP contribution is -2.52. The maximum atomic E-state index is 13.3. The zero-order valence-electron chi connectivity index (χ0n) is 14.9. The molecule has 1 unspecified atom stereocenters. The Balaban J connectivity index is 1.46. The Morgan fingerprint density at radius 3 is 2.74 bits per heavy atom. The van der Waals surface area contributed by atoms with E-state index in [0.29, 0.717) is 18.8 Å². The Bertz CT molecular complexity index is 1030. The molecule has 0 radical (unpaired) electrons. The average Bonchev–Trinajstić information content (AvgIpc) is 3.06. The molecule has 7 heteroatoms. The van der Waals surface area contributed by atoms with Gasteiger partial charge < -0.3 is 5.32 Å². The first-order valence-corrected chi connectivity index (χ1v) is 10.7. The summed E-state index contributed by atoms with van der Waals surface area (Å²) in [6.07, 6.45) is 1.26. The molecule has 140 valence electrons. The van der Waals surface area contributed by atoms with Gasteiger partial charge in [0.05, 0.1) is 11.3 Å². The van der Waals surface area contributed by atoms with Crippen molar-refractivity contribution in [2.45, 2.75) is 23.8 Å². The molecule has 3 aliphatic rings. The molecular formula is C20H21N3O3S. The number of hydrogen-bond donors (Lipinski definition) is 1. The predicted molar refractivity (Wildman–Crippen MR) is 102 cm³/mol. The van der Waals surface area contributed by atoms with E-state index in [0.717, 1.165) is 25.1 Å². The van der Waals surface area contributed by atoms with Crippen LogP contribution in [-0.4, -0.2) is 49.7 Å². The summed E-state index contributed by atoms with van der Waals surface area (Å²) in [5.74, 6) is -0.0908. The highest BCUT2D eigenvalue weighted by atomic mass is 32.2. The van der Waals surface area contributed by atoms with Crippen molar-refractivity contribution in [2.24, 2.45) is 0 Å². The van der Waals surface area contributed by atoms with Crippen LogP contribution >= 0.6 is 0 Å². The van der Waals surface area contributed by atoms with Gasteiger partial charge in [0.1, 0.15) is 0 Å². The largest absolute Gasteiger partial charge is 0.326 e. The third-order valence-corrected chi connectivity index (χ3v) is 7.74. The number of nitrogens with one attached hydrogen (secondary N) is 1. The van der Waals surface area contributed by atoms with E-state index in [9.17, 15) is 13.2 Å². The van der Waals surface area contributed by atoms with Gasteiger partial charge in [-0.1, -0.05) is 24.3 Å². The molecular weight excluding hydrogens is 362 g/mol. The van der Waals surface area contributed by atoms with Crippen LogP contribution in [0, 0.1) is 0 Å². The van der Waals surface area contributed by atoms with Crippen molar-refractivity contribution < 1.29 is 13.2 Å². The first-order valence-electron chi connectivity index (χ1n) is 9.27. The highest BCUT2D eigenvalue weighted by molar-refractivity contribution is 7.89. The van der Waals surface area contributed by atoms with E-state index >= 15 is 0 Å². The second kappa shape index (κ2) is 6.15. The van der Waals surface area contributed by atoms with Crippen molar-refractivity contribution >= 4 is 21.6 Å². The maximum absolute atomic E-state index is 13.3.